The highest BCUT2D eigenvalue weighted by Crippen LogP contribution is 2.27. The predicted molar refractivity (Wildman–Crippen MR) is 106 cm³/mol. The van der Waals surface area contributed by atoms with Crippen molar-refractivity contribution in [2.45, 2.75) is 0 Å². The maximum absolute atomic E-state index is 12.1. The summed E-state index contributed by atoms with van der Waals surface area (Å²) in [5.74, 6) is -0.0579. The number of carbonyl (C=O) groups excluding carboxylic acids is 2. The molecule has 3 N–H and O–H groups in total. The molecule has 1 aromatic heterocycles. The van der Waals surface area contributed by atoms with Crippen molar-refractivity contribution in [2.75, 3.05) is 12.8 Å². The first-order valence-electron chi connectivity index (χ1n) is 8.15. The number of para-hydroxylation sites is 1. The van der Waals surface area contributed by atoms with Crippen LogP contribution in [0.25, 0.3) is 11.3 Å². The van der Waals surface area contributed by atoms with E-state index in [1.54, 1.807) is 54.6 Å². The van der Waals surface area contributed by atoms with Gasteiger partial charge in [-0.2, -0.15) is 5.10 Å². The van der Waals surface area contributed by atoms with Gasteiger partial charge >= 0.3 is 5.97 Å². The highest BCUT2D eigenvalue weighted by molar-refractivity contribution is 6.33. The van der Waals surface area contributed by atoms with Gasteiger partial charge in [0.25, 0.3) is 5.91 Å². The molecule has 7 nitrogen and oxygen atoms in total. The molecule has 0 unspecified atom stereocenters. The number of amides is 1. The number of halogens is 1. The summed E-state index contributed by atoms with van der Waals surface area (Å²) in [5, 5.41) is 4.15. The van der Waals surface area contributed by atoms with Crippen molar-refractivity contribution in [3.8, 4) is 11.3 Å². The number of carbonyl (C=O) groups is 2. The molecule has 0 radical (unpaired) electrons. The van der Waals surface area contributed by atoms with Crippen LogP contribution < -0.4 is 11.2 Å². The summed E-state index contributed by atoms with van der Waals surface area (Å²) in [6, 6.07) is 14.9. The second-order valence-corrected chi connectivity index (χ2v) is 6.08. The van der Waals surface area contributed by atoms with Gasteiger partial charge < -0.3 is 14.9 Å². The highest BCUT2D eigenvalue weighted by Gasteiger charge is 2.14. The normalized spacial score (nSPS) is 10.8. The minimum absolute atomic E-state index is 0.237. The van der Waals surface area contributed by atoms with Gasteiger partial charge in [0.15, 0.2) is 0 Å². The van der Waals surface area contributed by atoms with Gasteiger partial charge in [0.05, 0.1) is 29.5 Å². The number of nitrogens with zero attached hydrogens (tertiary/aromatic N) is 1. The van der Waals surface area contributed by atoms with E-state index >= 15 is 0 Å². The monoisotopic (exact) mass is 397 g/mol. The van der Waals surface area contributed by atoms with Gasteiger partial charge in [-0.3, -0.25) is 4.79 Å². The zero-order valence-corrected chi connectivity index (χ0v) is 15.6. The van der Waals surface area contributed by atoms with Crippen LogP contribution in [0.2, 0.25) is 5.02 Å². The van der Waals surface area contributed by atoms with Gasteiger partial charge in [0.1, 0.15) is 11.5 Å². The van der Waals surface area contributed by atoms with E-state index in [1.807, 2.05) is 0 Å². The lowest BCUT2D eigenvalue weighted by molar-refractivity contribution is 0.0601. The van der Waals surface area contributed by atoms with Crippen LogP contribution in [0, 0.1) is 0 Å². The average molecular weight is 398 g/mol. The van der Waals surface area contributed by atoms with E-state index in [1.165, 1.54) is 13.3 Å². The minimum atomic E-state index is -0.539. The number of esters is 1. The Morgan fingerprint density at radius 3 is 2.68 bits per heavy atom. The van der Waals surface area contributed by atoms with E-state index in [9.17, 15) is 9.59 Å². The van der Waals surface area contributed by atoms with Crippen LogP contribution >= 0.6 is 11.6 Å². The van der Waals surface area contributed by atoms with Crippen molar-refractivity contribution in [3.63, 3.8) is 0 Å². The maximum Gasteiger partial charge on any atom is 0.339 e. The van der Waals surface area contributed by atoms with E-state index in [0.29, 0.717) is 28.3 Å². The zero-order valence-electron chi connectivity index (χ0n) is 14.8. The average Bonchev–Trinajstić information content (AvgIpc) is 3.17. The molecule has 0 bridgehead atoms. The summed E-state index contributed by atoms with van der Waals surface area (Å²) >= 11 is 6.02. The topological polar surface area (TPSA) is 107 Å². The number of nitrogen functional groups attached to an aromatic ring is 1. The maximum atomic E-state index is 12.1. The molecule has 0 fully saturated rings. The Balaban J connectivity index is 1.72. The van der Waals surface area contributed by atoms with Gasteiger partial charge in [-0.25, -0.2) is 10.2 Å². The molecule has 0 saturated heterocycles. The molecule has 0 aliphatic carbocycles. The Bertz CT molecular complexity index is 1060. The first-order valence-corrected chi connectivity index (χ1v) is 8.53. The molecule has 2 aromatic carbocycles. The fourth-order valence-electron chi connectivity index (χ4n) is 2.44. The first-order chi connectivity index (χ1) is 13.5. The highest BCUT2D eigenvalue weighted by atomic mass is 35.5. The molecule has 0 spiro atoms. The summed E-state index contributed by atoms with van der Waals surface area (Å²) in [5.41, 5.74) is 9.71. The molecule has 0 atom stereocenters. The Labute approximate surface area is 165 Å². The molecule has 0 saturated carbocycles. The number of nitrogens with two attached hydrogens (primary N) is 1. The van der Waals surface area contributed by atoms with Crippen LogP contribution in [0.3, 0.4) is 0 Å². The standard InChI is InChI=1S/C20H16ClN3O4/c1-27-20(26)15-10-12(6-8-16(15)21)18-9-7-13(28-18)11-23-24-19(25)14-4-2-3-5-17(14)22/h2-11H,22H2,1H3,(H,24,25)/b23-11-. The number of nitrogens with one attached hydrogen (secondary N) is 1. The lowest BCUT2D eigenvalue weighted by Crippen LogP contribution is -2.18. The Morgan fingerprint density at radius 2 is 1.93 bits per heavy atom. The molecule has 0 aliphatic heterocycles. The second-order valence-electron chi connectivity index (χ2n) is 5.67. The van der Waals surface area contributed by atoms with Gasteiger partial charge in [-0.05, 0) is 42.5 Å². The predicted octanol–water partition coefficient (Wildman–Crippen LogP) is 3.73. The summed E-state index contributed by atoms with van der Waals surface area (Å²) in [6.45, 7) is 0. The van der Waals surface area contributed by atoms with Crippen molar-refractivity contribution in [2.24, 2.45) is 5.10 Å². The summed E-state index contributed by atoms with van der Waals surface area (Å²) in [4.78, 5) is 23.8. The molecular weight excluding hydrogens is 382 g/mol. The van der Waals surface area contributed by atoms with Gasteiger partial charge in [-0.1, -0.05) is 23.7 Å². The number of hydrazone groups is 1. The van der Waals surface area contributed by atoms with E-state index < -0.39 is 11.9 Å². The third kappa shape index (κ3) is 4.21. The Hall–Kier alpha value is -3.58. The van der Waals surface area contributed by atoms with Crippen molar-refractivity contribution < 1.29 is 18.7 Å². The van der Waals surface area contributed by atoms with E-state index in [-0.39, 0.29) is 10.6 Å². The summed E-state index contributed by atoms with van der Waals surface area (Å²) < 4.78 is 10.4. The van der Waals surface area contributed by atoms with Crippen LogP contribution in [0.1, 0.15) is 26.5 Å². The third-order valence-electron chi connectivity index (χ3n) is 3.85. The lowest BCUT2D eigenvalue weighted by atomic mass is 10.1. The van der Waals surface area contributed by atoms with Crippen molar-refractivity contribution in [3.05, 3.63) is 76.5 Å². The second kappa shape index (κ2) is 8.41. The number of hydrogen-bond donors (Lipinski definition) is 2. The van der Waals surface area contributed by atoms with E-state index in [0.717, 1.165) is 0 Å². The Kier molecular flexibility index (Phi) is 5.76. The van der Waals surface area contributed by atoms with Crippen molar-refractivity contribution in [1.82, 2.24) is 5.43 Å². The fraction of sp³-hybridized carbons (Fsp3) is 0.0500. The van der Waals surface area contributed by atoms with E-state index in [4.69, 9.17) is 26.5 Å². The number of benzene rings is 2. The largest absolute Gasteiger partial charge is 0.465 e. The first kappa shape index (κ1) is 19.2. The Morgan fingerprint density at radius 1 is 1.14 bits per heavy atom. The number of anilines is 1. The summed E-state index contributed by atoms with van der Waals surface area (Å²) in [7, 11) is 1.28. The third-order valence-corrected chi connectivity index (χ3v) is 4.18. The van der Waals surface area contributed by atoms with Crippen LogP contribution in [-0.4, -0.2) is 25.2 Å². The molecule has 1 amide bonds. The molecular formula is C20H16ClN3O4. The molecule has 1 heterocycles. The molecule has 3 rings (SSSR count). The molecule has 142 valence electrons. The SMILES string of the molecule is COC(=O)c1cc(-c2ccc(/C=N\NC(=O)c3ccccc3N)o2)ccc1Cl. The van der Waals surface area contributed by atoms with Crippen LogP contribution in [-0.2, 0) is 4.74 Å². The van der Waals surface area contributed by atoms with Gasteiger partial charge in [0.2, 0.25) is 0 Å². The number of methoxy groups -OCH3 is 1. The minimum Gasteiger partial charge on any atom is -0.465 e. The van der Waals surface area contributed by atoms with E-state index in [2.05, 4.69) is 10.5 Å². The molecule has 28 heavy (non-hydrogen) atoms. The number of ether oxygens (including phenoxy) is 1. The quantitative estimate of drug-likeness (QED) is 0.295. The number of hydrogen-bond acceptors (Lipinski definition) is 6. The van der Waals surface area contributed by atoms with Crippen LogP contribution in [0.15, 0.2) is 64.1 Å². The number of furan rings is 1. The van der Waals surface area contributed by atoms with Crippen molar-refractivity contribution in [1.29, 1.82) is 0 Å². The van der Waals surface area contributed by atoms with Crippen molar-refractivity contribution >= 4 is 35.4 Å². The number of rotatable bonds is 5. The van der Waals surface area contributed by atoms with Crippen LogP contribution in [0.4, 0.5) is 5.69 Å². The molecule has 8 heteroatoms. The summed E-state index contributed by atoms with van der Waals surface area (Å²) in [6.07, 6.45) is 1.36. The van der Waals surface area contributed by atoms with Gasteiger partial charge in [-0.15, -0.1) is 0 Å². The van der Waals surface area contributed by atoms with Gasteiger partial charge in [0, 0.05) is 11.3 Å². The zero-order chi connectivity index (χ0) is 20.1. The molecule has 0 aliphatic rings. The molecule has 3 aromatic rings. The van der Waals surface area contributed by atoms with Crippen LogP contribution in [0.5, 0.6) is 0 Å². The smallest absolute Gasteiger partial charge is 0.339 e. The fourth-order valence-corrected chi connectivity index (χ4v) is 2.64. The lowest BCUT2D eigenvalue weighted by Gasteiger charge is -2.04.